The maximum atomic E-state index is 13.9. The number of nitrogens with one attached hydrogen (secondary N) is 1. The van der Waals surface area contributed by atoms with Crippen LogP contribution in [0.15, 0.2) is 66.9 Å². The van der Waals surface area contributed by atoms with E-state index in [0.717, 1.165) is 22.0 Å². The Morgan fingerprint density at radius 3 is 2.58 bits per heavy atom. The van der Waals surface area contributed by atoms with Crippen molar-refractivity contribution in [2.75, 3.05) is 33.3 Å². The first-order valence-electron chi connectivity index (χ1n) is 13.1. The van der Waals surface area contributed by atoms with Crippen LogP contribution in [0, 0.1) is 5.82 Å². The lowest BCUT2D eigenvalue weighted by Crippen LogP contribution is -2.46. The van der Waals surface area contributed by atoms with Gasteiger partial charge in [-0.15, -0.1) is 0 Å². The van der Waals surface area contributed by atoms with E-state index in [0.29, 0.717) is 49.5 Å². The van der Waals surface area contributed by atoms with Crippen LogP contribution in [0.4, 0.5) is 4.39 Å². The van der Waals surface area contributed by atoms with Crippen LogP contribution in [0.2, 0.25) is 0 Å². The van der Waals surface area contributed by atoms with E-state index in [-0.39, 0.29) is 22.4 Å². The highest BCUT2D eigenvalue weighted by Crippen LogP contribution is 2.34. The monoisotopic (exact) mass is 519 g/mol. The number of benzene rings is 3. The molecular weight excluding hydrogens is 483 g/mol. The highest BCUT2D eigenvalue weighted by atomic mass is 19.1. The fourth-order valence-electron chi connectivity index (χ4n) is 4.90. The number of fused-ring (bicyclic) bond motifs is 1. The minimum absolute atomic E-state index is 0.0751. The Hall–Kier alpha value is -3.75. The van der Waals surface area contributed by atoms with E-state index in [1.165, 1.54) is 12.1 Å². The lowest BCUT2D eigenvalue weighted by Gasteiger charge is -2.33. The maximum absolute atomic E-state index is 13.9. The highest BCUT2D eigenvalue weighted by molar-refractivity contribution is 5.96. The summed E-state index contributed by atoms with van der Waals surface area (Å²) in [5.41, 5.74) is 3.68. The number of halogens is 1. The number of H-pyrrole nitrogens is 1. The first kappa shape index (κ1) is 27.3. The molecule has 0 fully saturated rings. The second-order valence-corrected chi connectivity index (χ2v) is 9.51. The molecule has 0 radical (unpaired) electrons. The van der Waals surface area contributed by atoms with Crippen molar-refractivity contribution < 1.29 is 23.8 Å². The molecule has 1 aromatic heterocycles. The fourth-order valence-corrected chi connectivity index (χ4v) is 4.90. The van der Waals surface area contributed by atoms with Crippen LogP contribution < -0.4 is 4.74 Å². The number of aromatic amines is 1. The Balaban J connectivity index is 1.71. The van der Waals surface area contributed by atoms with Crippen LogP contribution in [0.3, 0.4) is 0 Å². The Bertz CT molecular complexity index is 1400. The van der Waals surface area contributed by atoms with Gasteiger partial charge in [0.15, 0.2) is 0 Å². The fraction of sp³-hybridized carbons (Fsp3) is 0.333. The predicted octanol–water partition coefficient (Wildman–Crippen LogP) is 6.22. The second-order valence-electron chi connectivity index (χ2n) is 9.51. The molecule has 0 saturated carbocycles. The summed E-state index contributed by atoms with van der Waals surface area (Å²) in [4.78, 5) is 15.6. The van der Waals surface area contributed by atoms with Gasteiger partial charge >= 0.3 is 0 Å². The molecule has 1 heterocycles. The van der Waals surface area contributed by atoms with Gasteiger partial charge in [-0.1, -0.05) is 30.3 Å². The van der Waals surface area contributed by atoms with Crippen LogP contribution in [0.1, 0.15) is 49.2 Å². The van der Waals surface area contributed by atoms with Crippen molar-refractivity contribution in [3.05, 3.63) is 83.8 Å². The molecule has 0 aliphatic carbocycles. The van der Waals surface area contributed by atoms with Crippen LogP contribution in [-0.4, -0.2) is 64.1 Å². The van der Waals surface area contributed by atoms with E-state index >= 15 is 0 Å². The molecule has 0 bridgehead atoms. The summed E-state index contributed by atoms with van der Waals surface area (Å²) in [5.74, 6) is 0.00746. The van der Waals surface area contributed by atoms with E-state index < -0.39 is 0 Å². The number of amides is 1. The number of ether oxygens (including phenoxy) is 1. The summed E-state index contributed by atoms with van der Waals surface area (Å²) in [6, 6.07) is 17.2. The van der Waals surface area contributed by atoms with Crippen LogP contribution in [-0.2, 0) is 0 Å². The number of quaternary nitrogens is 1. The van der Waals surface area contributed by atoms with Crippen molar-refractivity contribution in [2.45, 2.75) is 33.2 Å². The number of hydrogen-bond acceptors (Lipinski definition) is 4. The number of hydrogen-bond donors (Lipinski definition) is 2. The molecule has 3 aromatic carbocycles. The Morgan fingerprint density at radius 2 is 1.87 bits per heavy atom. The van der Waals surface area contributed by atoms with Crippen molar-refractivity contribution in [2.24, 2.45) is 0 Å². The summed E-state index contributed by atoms with van der Waals surface area (Å²) in [5, 5.41) is 19.2. The topological polar surface area (TPSA) is 78.4 Å². The van der Waals surface area contributed by atoms with Gasteiger partial charge < -0.3 is 9.64 Å². The first-order chi connectivity index (χ1) is 18.3. The van der Waals surface area contributed by atoms with Gasteiger partial charge in [-0.2, -0.15) is 9.75 Å². The van der Waals surface area contributed by atoms with Crippen molar-refractivity contribution in [3.63, 3.8) is 0 Å². The third-order valence-electron chi connectivity index (χ3n) is 7.32. The molecule has 0 aliphatic rings. The van der Waals surface area contributed by atoms with E-state index in [9.17, 15) is 14.4 Å². The first-order valence-corrected chi connectivity index (χ1v) is 13.1. The zero-order valence-electron chi connectivity index (χ0n) is 22.4. The number of rotatable bonds is 11. The van der Waals surface area contributed by atoms with Crippen LogP contribution >= 0.6 is 0 Å². The zero-order valence-corrected chi connectivity index (χ0v) is 22.4. The van der Waals surface area contributed by atoms with Gasteiger partial charge in [0.2, 0.25) is 0 Å². The molecule has 0 unspecified atom stereocenters. The quantitative estimate of drug-likeness (QED) is 0.182. The number of para-hydroxylation sites is 1. The SMILES string of the molecule is CCOc1cc(C(=O)N(C)[C@H](CC[N+](O)(CC)CC)c2cccc3cn[nH]c23)ccc1-c1cccc(F)c1. The average molecular weight is 520 g/mol. The molecule has 0 spiro atoms. The highest BCUT2D eigenvalue weighted by Gasteiger charge is 2.30. The summed E-state index contributed by atoms with van der Waals surface area (Å²) in [6.07, 6.45) is 2.32. The van der Waals surface area contributed by atoms with Gasteiger partial charge in [-0.3, -0.25) is 9.89 Å². The second kappa shape index (κ2) is 11.8. The van der Waals surface area contributed by atoms with Crippen molar-refractivity contribution in [3.8, 4) is 16.9 Å². The van der Waals surface area contributed by atoms with Gasteiger partial charge in [-0.05, 0) is 56.7 Å². The van der Waals surface area contributed by atoms with Gasteiger partial charge in [0.25, 0.3) is 5.91 Å². The Labute approximate surface area is 223 Å². The lowest BCUT2D eigenvalue weighted by atomic mass is 9.97. The molecule has 0 aliphatic heterocycles. The van der Waals surface area contributed by atoms with Crippen molar-refractivity contribution >= 4 is 16.8 Å². The van der Waals surface area contributed by atoms with Crippen molar-refractivity contribution in [1.82, 2.24) is 15.1 Å². The molecule has 1 amide bonds. The molecule has 2 N–H and O–H groups in total. The molecule has 0 saturated heterocycles. The molecule has 7 nitrogen and oxygen atoms in total. The Kier molecular flexibility index (Phi) is 8.44. The number of carbonyl (C=O) groups excluding carboxylic acids is 1. The van der Waals surface area contributed by atoms with E-state index in [1.807, 2.05) is 45.0 Å². The minimum atomic E-state index is -0.335. The Morgan fingerprint density at radius 1 is 1.11 bits per heavy atom. The summed E-state index contributed by atoms with van der Waals surface area (Å²) < 4.78 is 19.7. The van der Waals surface area contributed by atoms with Gasteiger partial charge in [0.1, 0.15) is 31.2 Å². The number of aromatic nitrogens is 2. The van der Waals surface area contributed by atoms with Gasteiger partial charge in [-0.25, -0.2) is 9.60 Å². The third-order valence-corrected chi connectivity index (χ3v) is 7.32. The third kappa shape index (κ3) is 5.71. The molecule has 1 atom stereocenters. The van der Waals surface area contributed by atoms with Crippen LogP contribution in [0.25, 0.3) is 22.0 Å². The standard InChI is InChI=1S/C30H36FN4O3/c1-5-35(37,6-2)17-16-27(26-13-9-11-23-20-32-33-29(23)26)34(4)30(36)22-14-15-25(28(19-22)38-7-3)21-10-8-12-24(31)18-21/h8-15,18-20,27,37H,5-7,16-17H2,1-4H3,(H,32,33)/q+1/t27-/m1/s1. The molecule has 200 valence electrons. The van der Waals surface area contributed by atoms with E-state index in [1.54, 1.807) is 42.4 Å². The average Bonchev–Trinajstić information content (AvgIpc) is 3.42. The maximum Gasteiger partial charge on any atom is 0.254 e. The molecule has 38 heavy (non-hydrogen) atoms. The summed E-state index contributed by atoms with van der Waals surface area (Å²) >= 11 is 0. The minimum Gasteiger partial charge on any atom is -0.493 e. The summed E-state index contributed by atoms with van der Waals surface area (Å²) in [6.45, 7) is 7.84. The lowest BCUT2D eigenvalue weighted by molar-refractivity contribution is -1.10. The van der Waals surface area contributed by atoms with Gasteiger partial charge in [0.05, 0.1) is 24.4 Å². The zero-order chi connectivity index (χ0) is 27.3. The normalized spacial score (nSPS) is 12.5. The van der Waals surface area contributed by atoms with Gasteiger partial charge in [0, 0.05) is 35.5 Å². The number of nitrogens with zero attached hydrogens (tertiary/aromatic N) is 3. The van der Waals surface area contributed by atoms with Crippen molar-refractivity contribution in [1.29, 1.82) is 0 Å². The molecule has 4 rings (SSSR count). The van der Waals surface area contributed by atoms with Crippen LogP contribution in [0.5, 0.6) is 5.75 Å². The van der Waals surface area contributed by atoms with E-state index in [4.69, 9.17) is 4.74 Å². The number of hydroxylamine groups is 3. The summed E-state index contributed by atoms with van der Waals surface area (Å²) in [7, 11) is 1.78. The largest absolute Gasteiger partial charge is 0.493 e. The number of carbonyl (C=O) groups is 1. The predicted molar refractivity (Wildman–Crippen MR) is 147 cm³/mol. The van der Waals surface area contributed by atoms with E-state index in [2.05, 4.69) is 10.2 Å². The molecule has 4 aromatic rings. The molecular formula is C30H36FN4O3+. The smallest absolute Gasteiger partial charge is 0.254 e. The molecule has 8 heteroatoms.